The highest BCUT2D eigenvalue weighted by molar-refractivity contribution is 5.48. The van der Waals surface area contributed by atoms with Gasteiger partial charge >= 0.3 is 0 Å². The molecule has 0 spiro atoms. The standard InChI is InChI=1S/C7H14N2O/c1-2-5-9(7-10)6-3-4-8/h3,6-7H,2,4-5,8H2,1H3/b6-3-. The van der Waals surface area contributed by atoms with E-state index in [1.54, 1.807) is 17.2 Å². The summed E-state index contributed by atoms with van der Waals surface area (Å²) in [4.78, 5) is 11.8. The Hall–Kier alpha value is -0.830. The van der Waals surface area contributed by atoms with E-state index in [4.69, 9.17) is 5.73 Å². The van der Waals surface area contributed by atoms with Gasteiger partial charge in [-0.25, -0.2) is 0 Å². The van der Waals surface area contributed by atoms with Crippen molar-refractivity contribution in [3.8, 4) is 0 Å². The van der Waals surface area contributed by atoms with Crippen molar-refractivity contribution in [1.29, 1.82) is 0 Å². The van der Waals surface area contributed by atoms with Crippen molar-refractivity contribution < 1.29 is 4.79 Å². The summed E-state index contributed by atoms with van der Waals surface area (Å²) in [5.74, 6) is 0. The number of carbonyl (C=O) groups excluding carboxylic acids is 1. The summed E-state index contributed by atoms with van der Waals surface area (Å²) in [5.41, 5.74) is 5.20. The van der Waals surface area contributed by atoms with Gasteiger partial charge in [-0.3, -0.25) is 4.79 Å². The second-order valence-electron chi connectivity index (χ2n) is 1.96. The van der Waals surface area contributed by atoms with E-state index in [-0.39, 0.29) is 0 Å². The Morgan fingerprint density at radius 2 is 2.30 bits per heavy atom. The van der Waals surface area contributed by atoms with Crippen molar-refractivity contribution in [2.45, 2.75) is 13.3 Å². The third-order valence-electron chi connectivity index (χ3n) is 1.05. The molecule has 0 rings (SSSR count). The van der Waals surface area contributed by atoms with E-state index in [0.29, 0.717) is 6.54 Å². The highest BCUT2D eigenvalue weighted by atomic mass is 16.1. The Balaban J connectivity index is 3.59. The van der Waals surface area contributed by atoms with Crippen LogP contribution in [0.4, 0.5) is 0 Å². The van der Waals surface area contributed by atoms with E-state index in [9.17, 15) is 4.79 Å². The first kappa shape index (κ1) is 9.17. The lowest BCUT2D eigenvalue weighted by Gasteiger charge is -2.08. The minimum absolute atomic E-state index is 0.480. The summed E-state index contributed by atoms with van der Waals surface area (Å²) >= 11 is 0. The summed E-state index contributed by atoms with van der Waals surface area (Å²) in [6, 6.07) is 0. The fourth-order valence-corrected chi connectivity index (χ4v) is 0.617. The summed E-state index contributed by atoms with van der Waals surface area (Å²) < 4.78 is 0. The molecule has 0 fully saturated rings. The molecule has 10 heavy (non-hydrogen) atoms. The van der Waals surface area contributed by atoms with Gasteiger partial charge in [0.25, 0.3) is 0 Å². The first-order chi connectivity index (χ1) is 4.85. The highest BCUT2D eigenvalue weighted by Gasteiger charge is 1.90. The van der Waals surface area contributed by atoms with Crippen LogP contribution >= 0.6 is 0 Å². The van der Waals surface area contributed by atoms with E-state index >= 15 is 0 Å². The number of carbonyl (C=O) groups is 1. The minimum atomic E-state index is 0.480. The Labute approximate surface area is 61.5 Å². The van der Waals surface area contributed by atoms with Crippen LogP contribution in [0.1, 0.15) is 13.3 Å². The van der Waals surface area contributed by atoms with E-state index in [1.165, 1.54) is 0 Å². The molecule has 0 radical (unpaired) electrons. The van der Waals surface area contributed by atoms with Crippen molar-refractivity contribution in [3.05, 3.63) is 12.3 Å². The van der Waals surface area contributed by atoms with Gasteiger partial charge in [-0.15, -0.1) is 0 Å². The number of hydrogen-bond donors (Lipinski definition) is 1. The van der Waals surface area contributed by atoms with Crippen LogP contribution in [0.3, 0.4) is 0 Å². The van der Waals surface area contributed by atoms with Gasteiger partial charge in [0.05, 0.1) is 0 Å². The molecule has 0 atom stereocenters. The van der Waals surface area contributed by atoms with Gasteiger partial charge in [-0.05, 0) is 6.42 Å². The summed E-state index contributed by atoms with van der Waals surface area (Å²) in [7, 11) is 0. The predicted octanol–water partition coefficient (Wildman–Crippen LogP) is 0.327. The number of nitrogens with zero attached hydrogens (tertiary/aromatic N) is 1. The minimum Gasteiger partial charge on any atom is -0.327 e. The molecule has 3 heteroatoms. The number of amides is 1. The maximum atomic E-state index is 10.2. The molecular weight excluding hydrogens is 128 g/mol. The van der Waals surface area contributed by atoms with E-state index in [0.717, 1.165) is 19.4 Å². The van der Waals surface area contributed by atoms with Crippen molar-refractivity contribution in [3.63, 3.8) is 0 Å². The molecule has 2 N–H and O–H groups in total. The molecule has 3 nitrogen and oxygen atoms in total. The van der Waals surface area contributed by atoms with Gasteiger partial charge in [0.2, 0.25) is 6.41 Å². The molecule has 0 bridgehead atoms. The normalized spacial score (nSPS) is 10.2. The van der Waals surface area contributed by atoms with Crippen LogP contribution in [0.2, 0.25) is 0 Å². The number of nitrogens with two attached hydrogens (primary N) is 1. The van der Waals surface area contributed by atoms with E-state index in [1.807, 2.05) is 6.92 Å². The van der Waals surface area contributed by atoms with Gasteiger partial charge in [0.15, 0.2) is 0 Å². The summed E-state index contributed by atoms with van der Waals surface area (Å²) in [6.45, 7) is 3.26. The van der Waals surface area contributed by atoms with Gasteiger partial charge in [-0.2, -0.15) is 0 Å². The molecule has 0 aliphatic carbocycles. The molecule has 0 saturated heterocycles. The number of rotatable bonds is 5. The molecule has 0 aliphatic heterocycles. The maximum absolute atomic E-state index is 10.2. The van der Waals surface area contributed by atoms with Crippen LogP contribution in [-0.2, 0) is 4.79 Å². The van der Waals surface area contributed by atoms with Crippen LogP contribution < -0.4 is 5.73 Å². The lowest BCUT2D eigenvalue weighted by atomic mass is 10.4. The zero-order valence-corrected chi connectivity index (χ0v) is 6.29. The van der Waals surface area contributed by atoms with E-state index < -0.39 is 0 Å². The number of hydrogen-bond acceptors (Lipinski definition) is 2. The monoisotopic (exact) mass is 142 g/mol. The van der Waals surface area contributed by atoms with E-state index in [2.05, 4.69) is 0 Å². The van der Waals surface area contributed by atoms with Gasteiger partial charge < -0.3 is 10.6 Å². The topological polar surface area (TPSA) is 46.3 Å². The maximum Gasteiger partial charge on any atom is 0.213 e. The van der Waals surface area contributed by atoms with Crippen LogP contribution in [0.15, 0.2) is 12.3 Å². The fourth-order valence-electron chi connectivity index (χ4n) is 0.617. The summed E-state index contributed by atoms with van der Waals surface area (Å²) in [6.07, 6.45) is 5.23. The van der Waals surface area contributed by atoms with Crippen LogP contribution in [0, 0.1) is 0 Å². The molecule has 0 aromatic heterocycles. The SMILES string of the molecule is CCCN(C=O)/C=C\CN. The van der Waals surface area contributed by atoms with Gasteiger partial charge in [-0.1, -0.05) is 13.0 Å². The average molecular weight is 142 g/mol. The van der Waals surface area contributed by atoms with Crippen molar-refractivity contribution in [2.24, 2.45) is 5.73 Å². The molecule has 1 amide bonds. The second-order valence-corrected chi connectivity index (χ2v) is 1.96. The molecule has 0 saturated carbocycles. The lowest BCUT2D eigenvalue weighted by molar-refractivity contribution is -0.115. The molecule has 0 unspecified atom stereocenters. The molecule has 0 heterocycles. The molecule has 0 aromatic rings. The average Bonchev–Trinajstić information content (AvgIpc) is 1.98. The highest BCUT2D eigenvalue weighted by Crippen LogP contribution is 1.86. The van der Waals surface area contributed by atoms with Crippen LogP contribution in [-0.4, -0.2) is 24.4 Å². The van der Waals surface area contributed by atoms with Crippen molar-refractivity contribution in [2.75, 3.05) is 13.1 Å². The molecule has 58 valence electrons. The Bertz CT molecular complexity index is 112. The lowest BCUT2D eigenvalue weighted by Crippen LogP contribution is -2.15. The third-order valence-corrected chi connectivity index (χ3v) is 1.05. The van der Waals surface area contributed by atoms with Crippen molar-refractivity contribution >= 4 is 6.41 Å². The summed E-state index contributed by atoms with van der Waals surface area (Å²) in [5, 5.41) is 0. The molecule has 0 aliphatic rings. The fraction of sp³-hybridized carbons (Fsp3) is 0.571. The van der Waals surface area contributed by atoms with Crippen LogP contribution in [0.5, 0.6) is 0 Å². The largest absolute Gasteiger partial charge is 0.327 e. The zero-order valence-electron chi connectivity index (χ0n) is 6.29. The first-order valence-electron chi connectivity index (χ1n) is 3.43. The van der Waals surface area contributed by atoms with Gasteiger partial charge in [0.1, 0.15) is 0 Å². The van der Waals surface area contributed by atoms with Gasteiger partial charge in [0, 0.05) is 19.3 Å². The third kappa shape index (κ3) is 4.09. The predicted molar refractivity (Wildman–Crippen MR) is 41.3 cm³/mol. The Kier molecular flexibility index (Phi) is 5.77. The molecular formula is C7H14N2O. The Morgan fingerprint density at radius 3 is 2.70 bits per heavy atom. The Morgan fingerprint density at radius 1 is 1.60 bits per heavy atom. The first-order valence-corrected chi connectivity index (χ1v) is 3.43. The zero-order chi connectivity index (χ0) is 7.82. The second kappa shape index (κ2) is 6.29. The quantitative estimate of drug-likeness (QED) is 0.562. The van der Waals surface area contributed by atoms with Crippen LogP contribution in [0.25, 0.3) is 0 Å². The van der Waals surface area contributed by atoms with Crippen molar-refractivity contribution in [1.82, 2.24) is 4.90 Å². The smallest absolute Gasteiger partial charge is 0.213 e. The molecule has 0 aromatic carbocycles.